The van der Waals surface area contributed by atoms with E-state index < -0.39 is 0 Å². The number of hydrogen-bond acceptors (Lipinski definition) is 5. The first-order valence-electron chi connectivity index (χ1n) is 8.91. The molecule has 0 saturated carbocycles. The standard InChI is InChI=1S/C17H28N4O2/c1-12(2)20-10-7-14(8-11-20)17(22)21-9-5-4-6-15(21)16-18-13(3)19-23-16/h12,14-15H,4-11H2,1-3H3/t15-/m1/s1. The first-order chi connectivity index (χ1) is 11.1. The van der Waals surface area contributed by atoms with E-state index in [1.807, 2.05) is 11.8 Å². The number of aromatic nitrogens is 2. The van der Waals surface area contributed by atoms with Crippen molar-refractivity contribution >= 4 is 5.91 Å². The Labute approximate surface area is 138 Å². The third-order valence-electron chi connectivity index (χ3n) is 5.22. The summed E-state index contributed by atoms with van der Waals surface area (Å²) in [6, 6.07) is 0.538. The lowest BCUT2D eigenvalue weighted by Gasteiger charge is -2.39. The fraction of sp³-hybridized carbons (Fsp3) is 0.824. The van der Waals surface area contributed by atoms with Gasteiger partial charge in [0, 0.05) is 18.5 Å². The second-order valence-corrected chi connectivity index (χ2v) is 7.13. The molecular weight excluding hydrogens is 292 g/mol. The van der Waals surface area contributed by atoms with E-state index >= 15 is 0 Å². The van der Waals surface area contributed by atoms with Crippen molar-refractivity contribution in [2.24, 2.45) is 5.92 Å². The van der Waals surface area contributed by atoms with Crippen molar-refractivity contribution in [1.82, 2.24) is 19.9 Å². The molecule has 0 aromatic carbocycles. The number of nitrogens with zero attached hydrogens (tertiary/aromatic N) is 4. The molecule has 0 bridgehead atoms. The number of carbonyl (C=O) groups is 1. The average molecular weight is 320 g/mol. The Morgan fingerprint density at radius 1 is 1.17 bits per heavy atom. The zero-order chi connectivity index (χ0) is 16.4. The molecule has 2 fully saturated rings. The van der Waals surface area contributed by atoms with Crippen LogP contribution >= 0.6 is 0 Å². The second-order valence-electron chi connectivity index (χ2n) is 7.13. The molecule has 1 aromatic rings. The third-order valence-corrected chi connectivity index (χ3v) is 5.22. The maximum absolute atomic E-state index is 13.0. The van der Waals surface area contributed by atoms with Gasteiger partial charge in [-0.25, -0.2) is 0 Å². The van der Waals surface area contributed by atoms with Crippen LogP contribution in [-0.2, 0) is 4.79 Å². The molecule has 0 unspecified atom stereocenters. The summed E-state index contributed by atoms with van der Waals surface area (Å²) in [6.07, 6.45) is 5.03. The van der Waals surface area contributed by atoms with Crippen molar-refractivity contribution in [2.75, 3.05) is 19.6 Å². The molecule has 3 heterocycles. The number of rotatable bonds is 3. The smallest absolute Gasteiger partial charge is 0.249 e. The summed E-state index contributed by atoms with van der Waals surface area (Å²) in [5.74, 6) is 1.68. The van der Waals surface area contributed by atoms with Crippen LogP contribution in [0.4, 0.5) is 0 Å². The molecule has 23 heavy (non-hydrogen) atoms. The molecule has 0 radical (unpaired) electrons. The minimum absolute atomic E-state index is 0.0272. The lowest BCUT2D eigenvalue weighted by atomic mass is 9.92. The van der Waals surface area contributed by atoms with E-state index in [-0.39, 0.29) is 17.9 Å². The highest BCUT2D eigenvalue weighted by Gasteiger charge is 2.36. The van der Waals surface area contributed by atoms with Gasteiger partial charge in [0.05, 0.1) is 0 Å². The maximum atomic E-state index is 13.0. The van der Waals surface area contributed by atoms with Crippen LogP contribution in [0.2, 0.25) is 0 Å². The maximum Gasteiger partial charge on any atom is 0.249 e. The second kappa shape index (κ2) is 6.99. The molecule has 1 aromatic heterocycles. The van der Waals surface area contributed by atoms with Gasteiger partial charge in [-0.15, -0.1) is 0 Å². The van der Waals surface area contributed by atoms with Crippen molar-refractivity contribution in [1.29, 1.82) is 0 Å². The highest BCUT2D eigenvalue weighted by Crippen LogP contribution is 2.33. The van der Waals surface area contributed by atoms with Crippen molar-refractivity contribution < 1.29 is 9.32 Å². The number of aryl methyl sites for hydroxylation is 1. The van der Waals surface area contributed by atoms with Crippen LogP contribution in [0.3, 0.4) is 0 Å². The summed E-state index contributed by atoms with van der Waals surface area (Å²) in [4.78, 5) is 21.9. The third kappa shape index (κ3) is 3.57. The van der Waals surface area contributed by atoms with Gasteiger partial charge in [-0.3, -0.25) is 4.79 Å². The van der Waals surface area contributed by atoms with Crippen LogP contribution in [0, 0.1) is 12.8 Å². The Kier molecular flexibility index (Phi) is 4.99. The number of likely N-dealkylation sites (tertiary alicyclic amines) is 2. The van der Waals surface area contributed by atoms with E-state index in [9.17, 15) is 4.79 Å². The molecular formula is C17H28N4O2. The van der Waals surface area contributed by atoms with Crippen LogP contribution < -0.4 is 0 Å². The monoisotopic (exact) mass is 320 g/mol. The van der Waals surface area contributed by atoms with Crippen LogP contribution in [0.15, 0.2) is 4.52 Å². The largest absolute Gasteiger partial charge is 0.337 e. The molecule has 2 aliphatic rings. The summed E-state index contributed by atoms with van der Waals surface area (Å²) < 4.78 is 5.36. The van der Waals surface area contributed by atoms with Crippen LogP contribution in [0.1, 0.15) is 63.7 Å². The predicted molar refractivity (Wildman–Crippen MR) is 86.8 cm³/mol. The van der Waals surface area contributed by atoms with Crippen molar-refractivity contribution in [3.63, 3.8) is 0 Å². The molecule has 1 atom stereocenters. The number of piperidine rings is 2. The van der Waals surface area contributed by atoms with Crippen LogP contribution in [0.25, 0.3) is 0 Å². The summed E-state index contributed by atoms with van der Waals surface area (Å²) in [7, 11) is 0. The van der Waals surface area contributed by atoms with E-state index in [0.29, 0.717) is 17.8 Å². The van der Waals surface area contributed by atoms with Gasteiger partial charge in [0.1, 0.15) is 6.04 Å². The zero-order valence-electron chi connectivity index (χ0n) is 14.5. The molecule has 6 nitrogen and oxygen atoms in total. The lowest BCUT2D eigenvalue weighted by Crippen LogP contribution is -2.46. The molecule has 2 saturated heterocycles. The fourth-order valence-electron chi connectivity index (χ4n) is 3.80. The summed E-state index contributed by atoms with van der Waals surface area (Å²) >= 11 is 0. The fourth-order valence-corrected chi connectivity index (χ4v) is 3.80. The van der Waals surface area contributed by atoms with Gasteiger partial charge in [0.15, 0.2) is 5.82 Å². The van der Waals surface area contributed by atoms with E-state index in [2.05, 4.69) is 28.9 Å². The Morgan fingerprint density at radius 3 is 2.52 bits per heavy atom. The SMILES string of the molecule is Cc1noc([C@H]2CCCCN2C(=O)C2CCN(C(C)C)CC2)n1. The van der Waals surface area contributed by atoms with Crippen molar-refractivity contribution in [2.45, 2.75) is 65.0 Å². The lowest BCUT2D eigenvalue weighted by molar-refractivity contribution is -0.142. The van der Waals surface area contributed by atoms with Crippen molar-refractivity contribution in [3.8, 4) is 0 Å². The first kappa shape index (κ1) is 16.4. The Hall–Kier alpha value is -1.43. The zero-order valence-corrected chi connectivity index (χ0v) is 14.5. The van der Waals surface area contributed by atoms with Gasteiger partial charge in [-0.2, -0.15) is 4.98 Å². The minimum Gasteiger partial charge on any atom is -0.337 e. The molecule has 3 rings (SSSR count). The van der Waals surface area contributed by atoms with Gasteiger partial charge in [-0.05, 0) is 66.0 Å². The minimum atomic E-state index is -0.0272. The quantitative estimate of drug-likeness (QED) is 0.856. The average Bonchev–Trinajstić information content (AvgIpc) is 3.00. The number of hydrogen-bond donors (Lipinski definition) is 0. The summed E-state index contributed by atoms with van der Waals surface area (Å²) in [5, 5.41) is 3.90. The predicted octanol–water partition coefficient (Wildman–Crippen LogP) is 2.55. The van der Waals surface area contributed by atoms with Gasteiger partial charge in [-0.1, -0.05) is 5.16 Å². The van der Waals surface area contributed by atoms with Crippen LogP contribution in [-0.4, -0.2) is 51.5 Å². The summed E-state index contributed by atoms with van der Waals surface area (Å²) in [5.41, 5.74) is 0. The topological polar surface area (TPSA) is 62.5 Å². The van der Waals surface area contributed by atoms with Gasteiger partial charge in [0.25, 0.3) is 0 Å². The molecule has 0 spiro atoms. The van der Waals surface area contributed by atoms with Gasteiger partial charge < -0.3 is 14.3 Å². The molecule has 128 valence electrons. The van der Waals surface area contributed by atoms with Gasteiger partial charge in [0.2, 0.25) is 11.8 Å². The first-order valence-corrected chi connectivity index (χ1v) is 8.91. The number of amides is 1. The highest BCUT2D eigenvalue weighted by atomic mass is 16.5. The molecule has 2 aliphatic heterocycles. The molecule has 6 heteroatoms. The van der Waals surface area contributed by atoms with Gasteiger partial charge >= 0.3 is 0 Å². The van der Waals surface area contributed by atoms with E-state index in [0.717, 1.165) is 51.7 Å². The molecule has 1 amide bonds. The Morgan fingerprint density at radius 2 is 1.91 bits per heavy atom. The van der Waals surface area contributed by atoms with Crippen LogP contribution in [0.5, 0.6) is 0 Å². The number of carbonyl (C=O) groups excluding carboxylic acids is 1. The van der Waals surface area contributed by atoms with E-state index in [4.69, 9.17) is 4.52 Å². The van der Waals surface area contributed by atoms with E-state index in [1.54, 1.807) is 0 Å². The normalized spacial score (nSPS) is 24.3. The molecule has 0 N–H and O–H groups in total. The highest BCUT2D eigenvalue weighted by molar-refractivity contribution is 5.79. The Bertz CT molecular complexity index is 534. The summed E-state index contributed by atoms with van der Waals surface area (Å²) in [6.45, 7) is 9.12. The molecule has 0 aliphatic carbocycles. The van der Waals surface area contributed by atoms with E-state index in [1.165, 1.54) is 0 Å². The Balaban J connectivity index is 1.67. The van der Waals surface area contributed by atoms with Crippen molar-refractivity contribution in [3.05, 3.63) is 11.7 Å².